The summed E-state index contributed by atoms with van der Waals surface area (Å²) in [6.07, 6.45) is 6.48. The molecule has 0 fully saturated rings. The molecule has 0 aliphatic heterocycles. The van der Waals surface area contributed by atoms with Crippen molar-refractivity contribution < 1.29 is 9.59 Å². The zero-order valence-corrected chi connectivity index (χ0v) is 11.5. The Balaban J connectivity index is 1.93. The average molecular weight is 281 g/mol. The highest BCUT2D eigenvalue weighted by molar-refractivity contribution is 6.02. The zero-order chi connectivity index (χ0) is 15.1. The van der Waals surface area contributed by atoms with E-state index in [4.69, 9.17) is 0 Å². The molecule has 0 aliphatic rings. The molecular weight excluding hydrogens is 266 g/mol. The Bertz CT molecular complexity index is 649. The lowest BCUT2D eigenvalue weighted by Crippen LogP contribution is -2.08. The maximum absolute atomic E-state index is 11.8. The third-order valence-corrected chi connectivity index (χ3v) is 2.58. The van der Waals surface area contributed by atoms with E-state index in [1.165, 1.54) is 13.0 Å². The van der Waals surface area contributed by atoms with Gasteiger partial charge < -0.3 is 10.6 Å². The molecule has 2 N–H and O–H groups in total. The number of benzene rings is 1. The largest absolute Gasteiger partial charge is 0.326 e. The Morgan fingerprint density at radius 2 is 1.71 bits per heavy atom. The standard InChI is InChI=1S/C16H15N3O2/c1-12(20)18-14-5-7-15(8-6-14)19-16(21)9-4-13-3-2-10-17-11-13/h2-11H,1H3,(H,18,20)(H,19,21)/b9-4+. The lowest BCUT2D eigenvalue weighted by molar-refractivity contribution is -0.114. The molecule has 5 nitrogen and oxygen atoms in total. The molecule has 1 heterocycles. The van der Waals surface area contributed by atoms with Gasteiger partial charge in [-0.25, -0.2) is 0 Å². The summed E-state index contributed by atoms with van der Waals surface area (Å²) in [7, 11) is 0. The van der Waals surface area contributed by atoms with Crippen LogP contribution in [0.1, 0.15) is 12.5 Å². The van der Waals surface area contributed by atoms with Crippen LogP contribution in [0, 0.1) is 0 Å². The number of nitrogens with zero attached hydrogens (tertiary/aromatic N) is 1. The second-order valence-electron chi connectivity index (χ2n) is 4.37. The van der Waals surface area contributed by atoms with Crippen LogP contribution in [0.15, 0.2) is 54.9 Å². The summed E-state index contributed by atoms with van der Waals surface area (Å²) >= 11 is 0. The van der Waals surface area contributed by atoms with Gasteiger partial charge >= 0.3 is 0 Å². The summed E-state index contributed by atoms with van der Waals surface area (Å²) < 4.78 is 0. The Morgan fingerprint density at radius 3 is 2.29 bits per heavy atom. The molecule has 21 heavy (non-hydrogen) atoms. The number of pyridine rings is 1. The van der Waals surface area contributed by atoms with Gasteiger partial charge in [0.25, 0.3) is 0 Å². The van der Waals surface area contributed by atoms with Crippen molar-refractivity contribution in [1.29, 1.82) is 0 Å². The van der Waals surface area contributed by atoms with Gasteiger partial charge in [-0.1, -0.05) is 6.07 Å². The fraction of sp³-hybridized carbons (Fsp3) is 0.0625. The van der Waals surface area contributed by atoms with E-state index < -0.39 is 0 Å². The van der Waals surface area contributed by atoms with Crippen molar-refractivity contribution in [3.8, 4) is 0 Å². The molecule has 0 saturated carbocycles. The molecule has 2 amide bonds. The van der Waals surface area contributed by atoms with E-state index in [0.717, 1.165) is 5.56 Å². The van der Waals surface area contributed by atoms with E-state index in [2.05, 4.69) is 15.6 Å². The SMILES string of the molecule is CC(=O)Nc1ccc(NC(=O)/C=C/c2cccnc2)cc1. The van der Waals surface area contributed by atoms with Crippen molar-refractivity contribution in [2.45, 2.75) is 6.92 Å². The van der Waals surface area contributed by atoms with Crippen LogP contribution in [0.5, 0.6) is 0 Å². The summed E-state index contributed by atoms with van der Waals surface area (Å²) in [6.45, 7) is 1.44. The maximum Gasteiger partial charge on any atom is 0.248 e. The molecule has 2 rings (SSSR count). The monoisotopic (exact) mass is 281 g/mol. The first-order valence-electron chi connectivity index (χ1n) is 6.40. The average Bonchev–Trinajstić information content (AvgIpc) is 2.48. The third-order valence-electron chi connectivity index (χ3n) is 2.58. The third kappa shape index (κ3) is 4.91. The number of nitrogens with one attached hydrogen (secondary N) is 2. The summed E-state index contributed by atoms with van der Waals surface area (Å²) in [5.41, 5.74) is 2.20. The molecule has 5 heteroatoms. The summed E-state index contributed by atoms with van der Waals surface area (Å²) in [5, 5.41) is 5.39. The second-order valence-corrected chi connectivity index (χ2v) is 4.37. The number of amides is 2. The van der Waals surface area contributed by atoms with Crippen LogP contribution in [0.2, 0.25) is 0 Å². The minimum atomic E-state index is -0.230. The maximum atomic E-state index is 11.8. The predicted molar refractivity (Wildman–Crippen MR) is 82.6 cm³/mol. The zero-order valence-electron chi connectivity index (χ0n) is 11.5. The van der Waals surface area contributed by atoms with Crippen molar-refractivity contribution in [3.05, 3.63) is 60.4 Å². The number of aromatic nitrogens is 1. The molecular formula is C16H15N3O2. The lowest BCUT2D eigenvalue weighted by atomic mass is 10.2. The molecule has 1 aromatic heterocycles. The van der Waals surface area contributed by atoms with Gasteiger partial charge in [-0.05, 0) is 42.0 Å². The Hall–Kier alpha value is -2.95. The van der Waals surface area contributed by atoms with Crippen LogP contribution in [0.4, 0.5) is 11.4 Å². The predicted octanol–water partition coefficient (Wildman–Crippen LogP) is 2.69. The van der Waals surface area contributed by atoms with Gasteiger partial charge in [0.2, 0.25) is 11.8 Å². The fourth-order valence-corrected chi connectivity index (χ4v) is 1.67. The summed E-state index contributed by atoms with van der Waals surface area (Å²) in [6, 6.07) is 10.6. The van der Waals surface area contributed by atoms with Gasteiger partial charge in [0.05, 0.1) is 0 Å². The topological polar surface area (TPSA) is 71.1 Å². The number of rotatable bonds is 4. The minimum Gasteiger partial charge on any atom is -0.326 e. The highest BCUT2D eigenvalue weighted by Crippen LogP contribution is 2.13. The molecule has 0 bridgehead atoms. The van der Waals surface area contributed by atoms with E-state index in [0.29, 0.717) is 11.4 Å². The van der Waals surface area contributed by atoms with Crippen molar-refractivity contribution in [3.63, 3.8) is 0 Å². The molecule has 2 aromatic rings. The minimum absolute atomic E-state index is 0.133. The molecule has 106 valence electrons. The fourth-order valence-electron chi connectivity index (χ4n) is 1.67. The second kappa shape index (κ2) is 7.00. The van der Waals surface area contributed by atoms with Gasteiger partial charge in [-0.2, -0.15) is 0 Å². The van der Waals surface area contributed by atoms with Crippen LogP contribution in [0.3, 0.4) is 0 Å². The summed E-state index contributed by atoms with van der Waals surface area (Å²) in [4.78, 5) is 26.6. The molecule has 0 saturated heterocycles. The first-order chi connectivity index (χ1) is 10.1. The quantitative estimate of drug-likeness (QED) is 0.846. The van der Waals surface area contributed by atoms with Gasteiger partial charge in [0, 0.05) is 36.8 Å². The van der Waals surface area contributed by atoms with E-state index in [9.17, 15) is 9.59 Å². The van der Waals surface area contributed by atoms with Crippen molar-refractivity contribution in [1.82, 2.24) is 4.98 Å². The Kier molecular flexibility index (Phi) is 4.82. The molecule has 0 atom stereocenters. The Labute approximate surface area is 122 Å². The van der Waals surface area contributed by atoms with Crippen LogP contribution in [-0.2, 0) is 9.59 Å². The van der Waals surface area contributed by atoms with Crippen LogP contribution in [-0.4, -0.2) is 16.8 Å². The van der Waals surface area contributed by atoms with E-state index >= 15 is 0 Å². The lowest BCUT2D eigenvalue weighted by Gasteiger charge is -2.05. The first kappa shape index (κ1) is 14.5. The molecule has 0 radical (unpaired) electrons. The van der Waals surface area contributed by atoms with Gasteiger partial charge in [0.15, 0.2) is 0 Å². The molecule has 1 aromatic carbocycles. The molecule has 0 unspecified atom stereocenters. The summed E-state index contributed by atoms with van der Waals surface area (Å²) in [5.74, 6) is -0.364. The van der Waals surface area contributed by atoms with E-state index in [1.54, 1.807) is 48.8 Å². The highest BCUT2D eigenvalue weighted by atomic mass is 16.2. The van der Waals surface area contributed by atoms with Crippen LogP contribution >= 0.6 is 0 Å². The van der Waals surface area contributed by atoms with Gasteiger partial charge in [-0.3, -0.25) is 14.6 Å². The first-order valence-corrected chi connectivity index (χ1v) is 6.40. The molecule has 0 spiro atoms. The normalized spacial score (nSPS) is 10.3. The molecule has 0 aliphatic carbocycles. The van der Waals surface area contributed by atoms with Crippen molar-refractivity contribution in [2.75, 3.05) is 10.6 Å². The number of hydrogen-bond donors (Lipinski definition) is 2. The Morgan fingerprint density at radius 1 is 1.05 bits per heavy atom. The number of carbonyl (C=O) groups excluding carboxylic acids is 2. The highest BCUT2D eigenvalue weighted by Gasteiger charge is 1.99. The van der Waals surface area contributed by atoms with E-state index in [-0.39, 0.29) is 11.8 Å². The number of hydrogen-bond acceptors (Lipinski definition) is 3. The smallest absolute Gasteiger partial charge is 0.248 e. The van der Waals surface area contributed by atoms with Crippen LogP contribution in [0.25, 0.3) is 6.08 Å². The van der Waals surface area contributed by atoms with Crippen LogP contribution < -0.4 is 10.6 Å². The van der Waals surface area contributed by atoms with Gasteiger partial charge in [0.1, 0.15) is 0 Å². The van der Waals surface area contributed by atoms with E-state index in [1.807, 2.05) is 6.07 Å². The van der Waals surface area contributed by atoms with Crippen molar-refractivity contribution >= 4 is 29.3 Å². The number of carbonyl (C=O) groups is 2. The number of anilines is 2. The van der Waals surface area contributed by atoms with Gasteiger partial charge in [-0.15, -0.1) is 0 Å². The van der Waals surface area contributed by atoms with Crippen molar-refractivity contribution in [2.24, 2.45) is 0 Å².